The summed E-state index contributed by atoms with van der Waals surface area (Å²) >= 11 is 5.92. The summed E-state index contributed by atoms with van der Waals surface area (Å²) in [5.74, 6) is 0. The fourth-order valence-electron chi connectivity index (χ4n) is 1.90. The zero-order valence-corrected chi connectivity index (χ0v) is 13.7. The lowest BCUT2D eigenvalue weighted by atomic mass is 10.3. The molecule has 0 bridgehead atoms. The molecule has 2 rings (SSSR count). The van der Waals surface area contributed by atoms with Crippen LogP contribution in [0.4, 0.5) is 0 Å². The maximum absolute atomic E-state index is 9.20. The Labute approximate surface area is 124 Å². The van der Waals surface area contributed by atoms with E-state index in [4.69, 9.17) is 16.3 Å². The first-order chi connectivity index (χ1) is 9.40. The normalized spacial score (nSPS) is 11.8. The average molecular weight is 308 g/mol. The third-order valence-corrected chi connectivity index (χ3v) is 4.99. The van der Waals surface area contributed by atoms with E-state index in [0.29, 0.717) is 17.6 Å². The van der Waals surface area contributed by atoms with Crippen LogP contribution in [0.3, 0.4) is 0 Å². The molecule has 0 aromatic carbocycles. The van der Waals surface area contributed by atoms with E-state index in [0.717, 1.165) is 23.6 Å². The fraction of sp³-hybridized carbons (Fsp3) is 0.429. The Kier molecular flexibility index (Phi) is 4.48. The molecule has 0 spiro atoms. The number of hydrogen-bond donors (Lipinski definition) is 0. The van der Waals surface area contributed by atoms with Gasteiger partial charge < -0.3 is 9.30 Å². The third kappa shape index (κ3) is 3.60. The van der Waals surface area contributed by atoms with Crippen molar-refractivity contribution in [2.75, 3.05) is 6.61 Å². The second kappa shape index (κ2) is 5.96. The van der Waals surface area contributed by atoms with E-state index < -0.39 is 8.07 Å². The minimum absolute atomic E-state index is 0.372. The van der Waals surface area contributed by atoms with Crippen LogP contribution in [-0.4, -0.2) is 24.2 Å². The number of aromatic nitrogens is 2. The van der Waals surface area contributed by atoms with Gasteiger partial charge in [-0.3, -0.25) is 0 Å². The van der Waals surface area contributed by atoms with E-state index in [1.54, 1.807) is 18.3 Å². The molecule has 0 saturated heterocycles. The Morgan fingerprint density at radius 2 is 2.15 bits per heavy atom. The smallest absolute Gasteiger partial charge is 0.131 e. The van der Waals surface area contributed by atoms with Crippen LogP contribution in [0, 0.1) is 11.3 Å². The highest BCUT2D eigenvalue weighted by Crippen LogP contribution is 2.21. The highest BCUT2D eigenvalue weighted by molar-refractivity contribution is 6.76. The molecule has 0 saturated carbocycles. The number of pyridine rings is 1. The molecule has 2 heterocycles. The maximum atomic E-state index is 9.20. The minimum atomic E-state index is -1.09. The standard InChI is InChI=1S/C14H18ClN3OSi/c1-20(2,3)5-4-19-10-18-12(8-16)6-11-9-17-14(15)7-13(11)18/h6-7,9H,4-5,10H2,1-3H3. The minimum Gasteiger partial charge on any atom is -0.361 e. The maximum Gasteiger partial charge on any atom is 0.131 e. The molecule has 0 aliphatic carbocycles. The Morgan fingerprint density at radius 1 is 1.40 bits per heavy atom. The molecule has 20 heavy (non-hydrogen) atoms. The Balaban J connectivity index is 2.16. The topological polar surface area (TPSA) is 50.8 Å². The van der Waals surface area contributed by atoms with E-state index in [1.165, 1.54) is 0 Å². The highest BCUT2D eigenvalue weighted by Gasteiger charge is 2.13. The predicted molar refractivity (Wildman–Crippen MR) is 83.6 cm³/mol. The summed E-state index contributed by atoms with van der Waals surface area (Å²) in [5, 5.41) is 10.5. The number of hydrogen-bond acceptors (Lipinski definition) is 3. The van der Waals surface area contributed by atoms with Gasteiger partial charge in [0.1, 0.15) is 23.6 Å². The molecule has 0 atom stereocenters. The van der Waals surface area contributed by atoms with Crippen LogP contribution in [0.1, 0.15) is 5.69 Å². The first-order valence-corrected chi connectivity index (χ1v) is 10.6. The van der Waals surface area contributed by atoms with Crippen molar-refractivity contribution >= 4 is 30.6 Å². The fourth-order valence-corrected chi connectivity index (χ4v) is 2.81. The summed E-state index contributed by atoms with van der Waals surface area (Å²) in [6.45, 7) is 8.03. The Hall–Kier alpha value is -1.35. The molecule has 0 unspecified atom stereocenters. The second-order valence-electron chi connectivity index (χ2n) is 5.98. The Bertz CT molecular complexity index is 655. The van der Waals surface area contributed by atoms with Crippen molar-refractivity contribution in [1.29, 1.82) is 5.26 Å². The summed E-state index contributed by atoms with van der Waals surface area (Å²) in [6, 6.07) is 6.86. The SMILES string of the molecule is C[Si](C)(C)CCOCn1c(C#N)cc2cnc(Cl)cc21. The lowest BCUT2D eigenvalue weighted by molar-refractivity contribution is 0.0897. The van der Waals surface area contributed by atoms with Crippen LogP contribution in [0.5, 0.6) is 0 Å². The van der Waals surface area contributed by atoms with Gasteiger partial charge in [0, 0.05) is 26.3 Å². The second-order valence-corrected chi connectivity index (χ2v) is 12.0. The molecular weight excluding hydrogens is 290 g/mol. The highest BCUT2D eigenvalue weighted by atomic mass is 35.5. The number of fused-ring (bicyclic) bond motifs is 1. The van der Waals surface area contributed by atoms with Crippen LogP contribution in [-0.2, 0) is 11.5 Å². The van der Waals surface area contributed by atoms with Gasteiger partial charge in [-0.25, -0.2) is 4.98 Å². The Morgan fingerprint density at radius 3 is 2.80 bits per heavy atom. The third-order valence-electron chi connectivity index (χ3n) is 3.08. The summed E-state index contributed by atoms with van der Waals surface area (Å²) in [7, 11) is -1.09. The summed E-state index contributed by atoms with van der Waals surface area (Å²) in [6.07, 6.45) is 1.68. The van der Waals surface area contributed by atoms with E-state index >= 15 is 0 Å². The van der Waals surface area contributed by atoms with Crippen LogP contribution in [0.2, 0.25) is 30.8 Å². The molecule has 6 heteroatoms. The van der Waals surface area contributed by atoms with Crippen LogP contribution in [0.25, 0.3) is 10.9 Å². The molecular formula is C14H18ClN3OSi. The molecule has 2 aromatic heterocycles. The molecule has 0 fully saturated rings. The summed E-state index contributed by atoms with van der Waals surface area (Å²) < 4.78 is 7.57. The predicted octanol–water partition coefficient (Wildman–Crippen LogP) is 3.87. The van der Waals surface area contributed by atoms with Crippen molar-refractivity contribution in [2.24, 2.45) is 0 Å². The average Bonchev–Trinajstić information content (AvgIpc) is 2.71. The van der Waals surface area contributed by atoms with Gasteiger partial charge in [0.15, 0.2) is 0 Å². The van der Waals surface area contributed by atoms with Gasteiger partial charge in [-0.1, -0.05) is 31.2 Å². The van der Waals surface area contributed by atoms with Crippen molar-refractivity contribution in [3.05, 3.63) is 29.2 Å². The van der Waals surface area contributed by atoms with E-state index in [9.17, 15) is 5.26 Å². The quantitative estimate of drug-likeness (QED) is 0.478. The van der Waals surface area contributed by atoms with E-state index in [1.807, 2.05) is 4.57 Å². The van der Waals surface area contributed by atoms with Crippen LogP contribution in [0.15, 0.2) is 18.3 Å². The molecule has 2 aromatic rings. The van der Waals surface area contributed by atoms with Gasteiger partial charge in [0.05, 0.1) is 5.52 Å². The molecule has 0 aliphatic rings. The van der Waals surface area contributed by atoms with E-state index in [2.05, 4.69) is 30.7 Å². The van der Waals surface area contributed by atoms with Crippen LogP contribution < -0.4 is 0 Å². The van der Waals surface area contributed by atoms with Gasteiger partial charge >= 0.3 is 0 Å². The number of halogens is 1. The van der Waals surface area contributed by atoms with Gasteiger partial charge in [0.2, 0.25) is 0 Å². The molecule has 0 aliphatic heterocycles. The zero-order chi connectivity index (χ0) is 14.8. The van der Waals surface area contributed by atoms with Crippen molar-refractivity contribution in [2.45, 2.75) is 32.4 Å². The zero-order valence-electron chi connectivity index (χ0n) is 12.0. The molecule has 4 nitrogen and oxygen atoms in total. The van der Waals surface area contributed by atoms with Crippen molar-refractivity contribution in [3.63, 3.8) is 0 Å². The summed E-state index contributed by atoms with van der Waals surface area (Å²) in [4.78, 5) is 4.03. The molecule has 106 valence electrons. The number of rotatable bonds is 5. The van der Waals surface area contributed by atoms with Gasteiger partial charge in [-0.05, 0) is 18.2 Å². The van der Waals surface area contributed by atoms with Crippen molar-refractivity contribution in [3.8, 4) is 6.07 Å². The summed E-state index contributed by atoms with van der Waals surface area (Å²) in [5.41, 5.74) is 1.45. The van der Waals surface area contributed by atoms with Crippen molar-refractivity contribution < 1.29 is 4.74 Å². The first-order valence-electron chi connectivity index (χ1n) is 6.53. The lowest BCUT2D eigenvalue weighted by Crippen LogP contribution is -2.22. The first kappa shape index (κ1) is 15.0. The van der Waals surface area contributed by atoms with Crippen LogP contribution >= 0.6 is 11.6 Å². The van der Waals surface area contributed by atoms with E-state index in [-0.39, 0.29) is 0 Å². The molecule has 0 amide bonds. The lowest BCUT2D eigenvalue weighted by Gasteiger charge is -2.16. The van der Waals surface area contributed by atoms with Crippen molar-refractivity contribution in [1.82, 2.24) is 9.55 Å². The number of ether oxygens (including phenoxy) is 1. The molecule has 0 N–H and O–H groups in total. The van der Waals surface area contributed by atoms with Gasteiger partial charge in [-0.15, -0.1) is 0 Å². The van der Waals surface area contributed by atoms with Gasteiger partial charge in [-0.2, -0.15) is 5.26 Å². The number of nitriles is 1. The molecule has 0 radical (unpaired) electrons. The monoisotopic (exact) mass is 307 g/mol. The van der Waals surface area contributed by atoms with Gasteiger partial charge in [0.25, 0.3) is 0 Å². The number of nitrogens with zero attached hydrogens (tertiary/aromatic N) is 3. The largest absolute Gasteiger partial charge is 0.361 e.